The van der Waals surface area contributed by atoms with Gasteiger partial charge in [-0.05, 0) is 54.7 Å². The van der Waals surface area contributed by atoms with Crippen LogP contribution < -0.4 is 21.3 Å². The van der Waals surface area contributed by atoms with E-state index in [1.165, 1.54) is 4.90 Å². The molecule has 12 heteroatoms. The number of para-hydroxylation sites is 1. The van der Waals surface area contributed by atoms with Crippen LogP contribution in [-0.2, 0) is 22.4 Å². The third-order valence-corrected chi connectivity index (χ3v) is 8.54. The lowest BCUT2D eigenvalue weighted by Gasteiger charge is -2.24. The average Bonchev–Trinajstić information content (AvgIpc) is 3.68. The van der Waals surface area contributed by atoms with E-state index in [9.17, 15) is 24.0 Å². The van der Waals surface area contributed by atoms with Gasteiger partial charge in [0.15, 0.2) is 5.78 Å². The Kier molecular flexibility index (Phi) is 9.56. The van der Waals surface area contributed by atoms with Crippen LogP contribution in [-0.4, -0.2) is 83.0 Å². The lowest BCUT2D eigenvalue weighted by molar-refractivity contribution is -0.123. The summed E-state index contributed by atoms with van der Waals surface area (Å²) in [4.78, 5) is 75.0. The van der Waals surface area contributed by atoms with Gasteiger partial charge in [0.2, 0.25) is 11.8 Å². The van der Waals surface area contributed by atoms with Crippen LogP contribution in [0.25, 0.3) is 10.9 Å². The van der Waals surface area contributed by atoms with E-state index in [2.05, 4.69) is 31.2 Å². The van der Waals surface area contributed by atoms with Crippen molar-refractivity contribution in [3.8, 4) is 0 Å². The highest BCUT2D eigenvalue weighted by atomic mass is 16.2. The number of carbonyl (C=O) groups excluding carboxylic acids is 5. The summed E-state index contributed by atoms with van der Waals surface area (Å²) in [6, 6.07) is 17.0. The highest BCUT2D eigenvalue weighted by molar-refractivity contribution is 6.06. The van der Waals surface area contributed by atoms with Gasteiger partial charge in [0.1, 0.15) is 17.6 Å². The van der Waals surface area contributed by atoms with Gasteiger partial charge in [-0.25, -0.2) is 4.98 Å². The first-order valence-corrected chi connectivity index (χ1v) is 15.9. The van der Waals surface area contributed by atoms with E-state index in [1.807, 2.05) is 30.5 Å². The molecular weight excluding hydrogens is 598 g/mol. The first-order chi connectivity index (χ1) is 22.9. The third-order valence-electron chi connectivity index (χ3n) is 8.54. The van der Waals surface area contributed by atoms with Crippen molar-refractivity contribution in [2.75, 3.05) is 38.0 Å². The van der Waals surface area contributed by atoms with Gasteiger partial charge in [-0.1, -0.05) is 36.4 Å². The molecule has 1 atom stereocenters. The lowest BCUT2D eigenvalue weighted by Crippen LogP contribution is -2.48. The Morgan fingerprint density at radius 2 is 1.68 bits per heavy atom. The molecule has 2 aromatic carbocycles. The number of hydrogen-bond donors (Lipinski definition) is 5. The van der Waals surface area contributed by atoms with Crippen molar-refractivity contribution in [1.29, 1.82) is 0 Å². The molecule has 4 amide bonds. The van der Waals surface area contributed by atoms with Crippen LogP contribution in [0.5, 0.6) is 0 Å². The molecule has 0 saturated carbocycles. The number of Topliss-reactive ketones (excluding diaryl/α,β-unsaturated/α-hetero) is 1. The van der Waals surface area contributed by atoms with Crippen molar-refractivity contribution in [2.24, 2.45) is 0 Å². The molecule has 0 unspecified atom stereocenters. The molecule has 2 bridgehead atoms. The largest absolute Gasteiger partial charge is 0.368 e. The van der Waals surface area contributed by atoms with Crippen LogP contribution >= 0.6 is 0 Å². The number of rotatable bonds is 3. The zero-order valence-electron chi connectivity index (χ0n) is 25.9. The third kappa shape index (κ3) is 7.32. The van der Waals surface area contributed by atoms with Crippen LogP contribution in [0.15, 0.2) is 66.9 Å². The number of ketones is 1. The first-order valence-electron chi connectivity index (χ1n) is 15.9. The van der Waals surface area contributed by atoms with Crippen molar-refractivity contribution < 1.29 is 24.0 Å². The number of anilines is 1. The Hall–Kier alpha value is -5.52. The fraction of sp³-hybridized carbons (Fsp3) is 0.314. The molecule has 1 aliphatic heterocycles. The summed E-state index contributed by atoms with van der Waals surface area (Å²) in [6.45, 7) is 1.03. The molecule has 1 aliphatic carbocycles. The van der Waals surface area contributed by atoms with Crippen molar-refractivity contribution in [2.45, 2.75) is 38.1 Å². The van der Waals surface area contributed by atoms with Crippen molar-refractivity contribution >= 4 is 46.1 Å². The summed E-state index contributed by atoms with van der Waals surface area (Å²) in [5.41, 5.74) is 3.72. The maximum Gasteiger partial charge on any atom is 0.270 e. The number of hydrogen-bond acceptors (Lipinski definition) is 7. The molecule has 5 N–H and O–H groups in total. The molecule has 2 aliphatic rings. The van der Waals surface area contributed by atoms with Gasteiger partial charge in [0.05, 0.1) is 6.54 Å². The van der Waals surface area contributed by atoms with E-state index in [-0.39, 0.29) is 55.3 Å². The average molecular weight is 636 g/mol. The second kappa shape index (κ2) is 14.3. The lowest BCUT2D eigenvalue weighted by atomic mass is 10.0. The van der Waals surface area contributed by atoms with Gasteiger partial charge >= 0.3 is 0 Å². The summed E-state index contributed by atoms with van der Waals surface area (Å²) in [6.07, 6.45) is 4.03. The summed E-state index contributed by atoms with van der Waals surface area (Å²) < 4.78 is 0. The standard InChI is InChI=1S/C35H37N7O5/c43-30-14-13-24-25(30)8-5-9-26(24)35(47)42-18-4-3-15-38-33(45)29(19-22-20-39-27-10-2-1-7-23(22)27)41-34(46)28-11-6-12-31(40-28)36-16-17-37-32(44)21-42/h1-2,5-12,20,29,39H,3-4,13-19,21H2,(H,36,40)(H,37,44)(H,38,45)(H,41,46)/t29-/m0/s1. The normalized spacial score (nSPS) is 18.2. The highest BCUT2D eigenvalue weighted by Gasteiger charge is 2.28. The summed E-state index contributed by atoms with van der Waals surface area (Å²) in [7, 11) is 0. The molecule has 4 aromatic rings. The number of benzene rings is 2. The fourth-order valence-electron chi connectivity index (χ4n) is 6.12. The number of H-pyrrole nitrogens is 1. The number of nitrogens with zero attached hydrogens (tertiary/aromatic N) is 2. The summed E-state index contributed by atoms with van der Waals surface area (Å²) in [5.74, 6) is -0.994. The van der Waals surface area contributed by atoms with E-state index < -0.39 is 11.9 Å². The summed E-state index contributed by atoms with van der Waals surface area (Å²) in [5, 5.41) is 12.7. The quantitative estimate of drug-likeness (QED) is 0.231. The van der Waals surface area contributed by atoms with Crippen molar-refractivity contribution in [3.05, 3.63) is 94.8 Å². The van der Waals surface area contributed by atoms with Crippen molar-refractivity contribution in [3.63, 3.8) is 0 Å². The van der Waals surface area contributed by atoms with Gasteiger partial charge in [-0.2, -0.15) is 0 Å². The number of aromatic amines is 1. The van der Waals surface area contributed by atoms with Crippen LogP contribution in [0, 0.1) is 0 Å². The van der Waals surface area contributed by atoms with Gasteiger partial charge in [0, 0.05) is 67.2 Å². The Morgan fingerprint density at radius 1 is 0.851 bits per heavy atom. The maximum atomic E-state index is 13.7. The van der Waals surface area contributed by atoms with E-state index in [0.717, 1.165) is 22.0 Å². The topological polar surface area (TPSA) is 165 Å². The number of aromatic nitrogens is 2. The Morgan fingerprint density at radius 3 is 2.57 bits per heavy atom. The minimum Gasteiger partial charge on any atom is -0.368 e. The molecule has 2 aromatic heterocycles. The van der Waals surface area contributed by atoms with Gasteiger partial charge < -0.3 is 31.2 Å². The minimum absolute atomic E-state index is 0.0188. The van der Waals surface area contributed by atoms with E-state index in [4.69, 9.17) is 0 Å². The van der Waals surface area contributed by atoms with Crippen LogP contribution in [0.4, 0.5) is 5.82 Å². The van der Waals surface area contributed by atoms with Crippen LogP contribution in [0.1, 0.15) is 61.6 Å². The molecule has 0 saturated heterocycles. The predicted octanol–water partition coefficient (Wildman–Crippen LogP) is 2.61. The molecule has 6 rings (SSSR count). The monoisotopic (exact) mass is 635 g/mol. The zero-order chi connectivity index (χ0) is 32.8. The SMILES string of the molecule is O=C1CN(C(=O)c2cccc3c2CCC3=O)CCCCNC(=O)[C@H](Cc2c[nH]c3ccccc23)NC(=O)c2cccc(n2)NCCN1. The van der Waals surface area contributed by atoms with E-state index in [0.29, 0.717) is 55.7 Å². The van der Waals surface area contributed by atoms with Gasteiger partial charge in [0.25, 0.3) is 11.8 Å². The second-order valence-corrected chi connectivity index (χ2v) is 11.8. The molecule has 0 spiro atoms. The molecule has 12 nitrogen and oxygen atoms in total. The molecule has 242 valence electrons. The molecule has 0 fully saturated rings. The number of pyridine rings is 1. The number of fused-ring (bicyclic) bond motifs is 4. The Balaban J connectivity index is 1.20. The summed E-state index contributed by atoms with van der Waals surface area (Å²) >= 11 is 0. The zero-order valence-corrected chi connectivity index (χ0v) is 25.9. The molecular formula is C35H37N7O5. The van der Waals surface area contributed by atoms with Crippen LogP contribution in [0.3, 0.4) is 0 Å². The predicted molar refractivity (Wildman–Crippen MR) is 176 cm³/mol. The first kappa shape index (κ1) is 31.5. The number of nitrogens with one attached hydrogen (secondary N) is 5. The molecule has 0 radical (unpaired) electrons. The second-order valence-electron chi connectivity index (χ2n) is 11.8. The molecule has 47 heavy (non-hydrogen) atoms. The molecule has 3 heterocycles. The minimum atomic E-state index is -0.870. The Bertz CT molecular complexity index is 1830. The van der Waals surface area contributed by atoms with Crippen LogP contribution in [0.2, 0.25) is 0 Å². The highest BCUT2D eigenvalue weighted by Crippen LogP contribution is 2.26. The Labute approximate surface area is 271 Å². The number of amides is 4. The van der Waals surface area contributed by atoms with Gasteiger partial charge in [-0.15, -0.1) is 0 Å². The van der Waals surface area contributed by atoms with Crippen molar-refractivity contribution in [1.82, 2.24) is 30.8 Å². The smallest absolute Gasteiger partial charge is 0.270 e. The van der Waals surface area contributed by atoms with E-state index in [1.54, 1.807) is 36.4 Å². The van der Waals surface area contributed by atoms with E-state index >= 15 is 0 Å². The number of carbonyl (C=O) groups is 5. The fourth-order valence-corrected chi connectivity index (χ4v) is 6.12. The van der Waals surface area contributed by atoms with Gasteiger partial charge in [-0.3, -0.25) is 24.0 Å². The maximum absolute atomic E-state index is 13.7.